The number of benzene rings is 1. The molecule has 6 nitrogen and oxygen atoms in total. The quantitative estimate of drug-likeness (QED) is 0.368. The first-order valence-corrected chi connectivity index (χ1v) is 17.5. The van der Waals surface area contributed by atoms with Crippen molar-refractivity contribution in [1.29, 1.82) is 0 Å². The van der Waals surface area contributed by atoms with Gasteiger partial charge in [-0.05, 0) is 120 Å². The maximum atomic E-state index is 13.6. The molecule has 1 saturated heterocycles. The molecular weight excluding hydrogens is 536 g/mol. The van der Waals surface area contributed by atoms with Crippen LogP contribution in [0.25, 0.3) is 0 Å². The monoisotopic (exact) mass is 594 g/mol. The van der Waals surface area contributed by atoms with Crippen LogP contribution in [0.5, 0.6) is 0 Å². The summed E-state index contributed by atoms with van der Waals surface area (Å²) in [7, 11) is 0. The van der Waals surface area contributed by atoms with Gasteiger partial charge in [-0.2, -0.15) is 0 Å². The van der Waals surface area contributed by atoms with Crippen molar-refractivity contribution in [2.75, 3.05) is 13.1 Å². The first-order chi connectivity index (χ1) is 20.3. The number of hydrogen-bond donors (Lipinski definition) is 1. The highest BCUT2D eigenvalue weighted by molar-refractivity contribution is 5.74. The van der Waals surface area contributed by atoms with Gasteiger partial charge in [-0.3, -0.25) is 0 Å². The number of ether oxygens (including phenoxy) is 2. The predicted molar refractivity (Wildman–Crippen MR) is 173 cm³/mol. The van der Waals surface area contributed by atoms with Gasteiger partial charge >= 0.3 is 12.2 Å². The van der Waals surface area contributed by atoms with E-state index in [2.05, 4.69) is 17.4 Å². The first-order valence-electron chi connectivity index (χ1n) is 17.5. The molecule has 0 spiro atoms. The zero-order valence-electron chi connectivity index (χ0n) is 28.0. The fourth-order valence-electron chi connectivity index (χ4n) is 8.27. The van der Waals surface area contributed by atoms with E-state index >= 15 is 0 Å². The number of nitrogens with one attached hydrogen (secondary N) is 1. The van der Waals surface area contributed by atoms with Gasteiger partial charge in [0.1, 0.15) is 16.7 Å². The molecule has 6 heteroatoms. The van der Waals surface area contributed by atoms with Crippen LogP contribution in [-0.4, -0.2) is 41.4 Å². The van der Waals surface area contributed by atoms with E-state index in [1.165, 1.54) is 119 Å². The molecule has 4 fully saturated rings. The average Bonchev–Trinajstić information content (AvgIpc) is 2.93. The van der Waals surface area contributed by atoms with Crippen LogP contribution in [0.2, 0.25) is 0 Å². The molecule has 1 aromatic rings. The van der Waals surface area contributed by atoms with Crippen LogP contribution in [-0.2, 0) is 15.0 Å². The van der Waals surface area contributed by atoms with Crippen LogP contribution in [0.1, 0.15) is 178 Å². The highest BCUT2D eigenvalue weighted by atomic mass is 16.6. The van der Waals surface area contributed by atoms with E-state index in [9.17, 15) is 9.59 Å². The summed E-state index contributed by atoms with van der Waals surface area (Å²) >= 11 is 0. The lowest BCUT2D eigenvalue weighted by atomic mass is 9.67. The number of rotatable bonds is 5. The molecule has 1 heterocycles. The lowest BCUT2D eigenvalue weighted by Crippen LogP contribution is -2.70. The molecule has 0 bridgehead atoms. The molecule has 2 amide bonds. The second-order valence-corrected chi connectivity index (χ2v) is 16.1. The van der Waals surface area contributed by atoms with Gasteiger partial charge < -0.3 is 19.7 Å². The Labute approximate surface area is 261 Å². The molecule has 3 aliphatic carbocycles. The third-order valence-electron chi connectivity index (χ3n) is 10.2. The summed E-state index contributed by atoms with van der Waals surface area (Å²) in [6.07, 6.45) is 18.3. The smallest absolute Gasteiger partial charge is 0.410 e. The van der Waals surface area contributed by atoms with Crippen molar-refractivity contribution in [3.05, 3.63) is 34.4 Å². The summed E-state index contributed by atoms with van der Waals surface area (Å²) in [5.41, 5.74) is 3.85. The van der Waals surface area contributed by atoms with Gasteiger partial charge in [-0.1, -0.05) is 69.9 Å². The Balaban J connectivity index is 1.63. The Kier molecular flexibility index (Phi) is 9.73. The Hall–Kier alpha value is -2.24. The molecule has 0 radical (unpaired) electrons. The third-order valence-corrected chi connectivity index (χ3v) is 10.2. The van der Waals surface area contributed by atoms with Gasteiger partial charge in [0.25, 0.3) is 0 Å². The highest BCUT2D eigenvalue weighted by Gasteiger charge is 2.52. The van der Waals surface area contributed by atoms with Crippen LogP contribution in [0, 0.1) is 0 Å². The van der Waals surface area contributed by atoms with E-state index in [-0.39, 0.29) is 6.09 Å². The van der Waals surface area contributed by atoms with E-state index in [1.807, 2.05) is 41.5 Å². The molecule has 1 aliphatic heterocycles. The van der Waals surface area contributed by atoms with Crippen molar-refractivity contribution in [2.45, 2.75) is 172 Å². The average molecular weight is 595 g/mol. The highest BCUT2D eigenvalue weighted by Crippen LogP contribution is 2.49. The number of carbonyl (C=O) groups is 2. The van der Waals surface area contributed by atoms with Crippen molar-refractivity contribution in [3.8, 4) is 0 Å². The van der Waals surface area contributed by atoms with Gasteiger partial charge in [0, 0.05) is 0 Å². The summed E-state index contributed by atoms with van der Waals surface area (Å²) in [5, 5.41) is 3.40. The lowest BCUT2D eigenvalue weighted by Gasteiger charge is -2.52. The van der Waals surface area contributed by atoms with Crippen LogP contribution in [0.3, 0.4) is 0 Å². The number of carbonyl (C=O) groups excluding carboxylic acids is 2. The summed E-state index contributed by atoms with van der Waals surface area (Å²) in [4.78, 5) is 28.6. The second kappa shape index (κ2) is 13.0. The topological polar surface area (TPSA) is 67.9 Å². The van der Waals surface area contributed by atoms with Crippen LogP contribution in [0.15, 0.2) is 12.1 Å². The maximum Gasteiger partial charge on any atom is 0.410 e. The SMILES string of the molecule is CC(C)(C)OC(=O)NC1(c2c(C3CCCCC3)cc(C3CCCCC3)cc2C2CCCCC2)CN(C(=O)OC(C)(C)C)C1. The molecule has 4 aliphatic rings. The van der Waals surface area contributed by atoms with Gasteiger partial charge in [-0.25, -0.2) is 9.59 Å². The fourth-order valence-corrected chi connectivity index (χ4v) is 8.27. The minimum atomic E-state index is -0.691. The number of alkyl carbamates (subject to hydrolysis) is 1. The van der Waals surface area contributed by atoms with E-state index in [0.29, 0.717) is 30.8 Å². The van der Waals surface area contributed by atoms with Crippen molar-refractivity contribution in [2.24, 2.45) is 0 Å². The molecule has 3 saturated carbocycles. The van der Waals surface area contributed by atoms with E-state index in [4.69, 9.17) is 9.47 Å². The number of likely N-dealkylation sites (tertiary alicyclic amines) is 1. The predicted octanol–water partition coefficient (Wildman–Crippen LogP) is 9.80. The zero-order chi connectivity index (χ0) is 30.8. The van der Waals surface area contributed by atoms with Crippen LogP contribution >= 0.6 is 0 Å². The Morgan fingerprint density at radius 1 is 0.674 bits per heavy atom. The number of nitrogens with zero attached hydrogens (tertiary/aromatic N) is 1. The summed E-state index contributed by atoms with van der Waals surface area (Å²) in [6.45, 7) is 12.3. The largest absolute Gasteiger partial charge is 0.444 e. The van der Waals surface area contributed by atoms with Crippen molar-refractivity contribution < 1.29 is 19.1 Å². The Morgan fingerprint density at radius 3 is 1.51 bits per heavy atom. The molecule has 0 atom stereocenters. The van der Waals surface area contributed by atoms with Gasteiger partial charge in [0.15, 0.2) is 0 Å². The molecule has 5 rings (SSSR count). The van der Waals surface area contributed by atoms with Gasteiger partial charge in [0.2, 0.25) is 0 Å². The maximum absolute atomic E-state index is 13.6. The Bertz CT molecular complexity index is 1080. The molecular formula is C37H58N2O4. The minimum Gasteiger partial charge on any atom is -0.444 e. The number of amides is 2. The lowest BCUT2D eigenvalue weighted by molar-refractivity contribution is -0.0236. The van der Waals surface area contributed by atoms with Crippen LogP contribution < -0.4 is 5.32 Å². The minimum absolute atomic E-state index is 0.314. The fraction of sp³-hybridized carbons (Fsp3) is 0.784. The molecule has 0 unspecified atom stereocenters. The van der Waals surface area contributed by atoms with Gasteiger partial charge in [0.05, 0.1) is 13.1 Å². The summed E-state index contributed by atoms with van der Waals surface area (Å²) in [5.74, 6) is 1.60. The Morgan fingerprint density at radius 2 is 1.09 bits per heavy atom. The van der Waals surface area contributed by atoms with Gasteiger partial charge in [-0.15, -0.1) is 0 Å². The summed E-state index contributed by atoms with van der Waals surface area (Å²) in [6, 6.07) is 5.12. The first kappa shape index (κ1) is 32.2. The molecule has 43 heavy (non-hydrogen) atoms. The standard InChI is InChI=1S/C37H58N2O4/c1-35(2,3)42-33(40)38-37(24-39(25-37)34(41)43-36(4,5)6)32-30(27-18-12-8-13-19-27)22-29(26-16-10-7-11-17-26)23-31(32)28-20-14-9-15-21-28/h22-23,26-28H,7-21,24-25H2,1-6H3,(H,38,40). The second-order valence-electron chi connectivity index (χ2n) is 16.1. The third kappa shape index (κ3) is 7.89. The van der Waals surface area contributed by atoms with Crippen LogP contribution in [0.4, 0.5) is 9.59 Å². The normalized spacial score (nSPS) is 22.5. The molecule has 240 valence electrons. The van der Waals surface area contributed by atoms with Crippen molar-refractivity contribution in [1.82, 2.24) is 10.2 Å². The van der Waals surface area contributed by atoms with E-state index < -0.39 is 22.8 Å². The molecule has 1 N–H and O–H groups in total. The van der Waals surface area contributed by atoms with E-state index in [0.717, 1.165) is 0 Å². The van der Waals surface area contributed by atoms with Crippen molar-refractivity contribution in [3.63, 3.8) is 0 Å². The number of hydrogen-bond acceptors (Lipinski definition) is 4. The molecule has 0 aromatic heterocycles. The van der Waals surface area contributed by atoms with E-state index in [1.54, 1.807) is 4.90 Å². The zero-order valence-corrected chi connectivity index (χ0v) is 28.0. The molecule has 1 aromatic carbocycles. The van der Waals surface area contributed by atoms with Crippen molar-refractivity contribution >= 4 is 12.2 Å². The summed E-state index contributed by atoms with van der Waals surface area (Å²) < 4.78 is 11.7.